The number of ether oxygens (including phenoxy) is 2. The molecule has 164 valence electrons. The highest BCUT2D eigenvalue weighted by atomic mass is 16.6. The van der Waals surface area contributed by atoms with Gasteiger partial charge in [-0.2, -0.15) is 0 Å². The van der Waals surface area contributed by atoms with Crippen LogP contribution in [0.2, 0.25) is 0 Å². The Kier molecular flexibility index (Phi) is 11.0. The molecular formula is C19H27N5O6. The third-order valence-electron chi connectivity index (χ3n) is 3.71. The summed E-state index contributed by atoms with van der Waals surface area (Å²) in [5.74, 6) is -1.31. The number of carbonyl (C=O) groups is 3. The number of nitrogens with two attached hydrogens (primary N) is 1. The molecule has 2 amide bonds. The highest BCUT2D eigenvalue weighted by molar-refractivity contribution is 5.95. The summed E-state index contributed by atoms with van der Waals surface area (Å²) in [6, 6.07) is 5.59. The van der Waals surface area contributed by atoms with E-state index in [-0.39, 0.29) is 19.0 Å². The van der Waals surface area contributed by atoms with Crippen molar-refractivity contribution in [2.75, 3.05) is 26.9 Å². The summed E-state index contributed by atoms with van der Waals surface area (Å²) in [5.41, 5.74) is 6.64. The van der Waals surface area contributed by atoms with E-state index in [2.05, 4.69) is 20.5 Å². The first-order valence-electron chi connectivity index (χ1n) is 9.25. The molecular weight excluding hydrogens is 394 g/mol. The number of nitrogen functional groups attached to an aromatic ring is 1. The van der Waals surface area contributed by atoms with Crippen LogP contribution in [0.3, 0.4) is 0 Å². The highest BCUT2D eigenvalue weighted by Gasteiger charge is 2.23. The topological polar surface area (TPSA) is 165 Å². The number of hydrogen-bond donors (Lipinski definition) is 4. The number of amidine groups is 1. The van der Waals surface area contributed by atoms with Crippen LogP contribution in [0.5, 0.6) is 0 Å². The lowest BCUT2D eigenvalue weighted by Crippen LogP contribution is -2.49. The molecule has 0 aliphatic rings. The maximum absolute atomic E-state index is 11.8. The molecule has 0 bridgehead atoms. The molecule has 0 radical (unpaired) electrons. The maximum Gasteiger partial charge on any atom is 0.407 e. The number of benzene rings is 1. The van der Waals surface area contributed by atoms with Crippen molar-refractivity contribution in [3.8, 4) is 0 Å². The Bertz CT molecular complexity index is 750. The zero-order chi connectivity index (χ0) is 22.4. The molecule has 1 aromatic rings. The molecule has 0 unspecified atom stereocenters. The van der Waals surface area contributed by atoms with Gasteiger partial charge < -0.3 is 30.7 Å². The number of amides is 2. The second-order valence-corrected chi connectivity index (χ2v) is 6.06. The van der Waals surface area contributed by atoms with Gasteiger partial charge in [-0.1, -0.05) is 42.8 Å². The average molecular weight is 421 g/mol. The molecule has 11 nitrogen and oxygen atoms in total. The molecule has 0 heterocycles. The first-order chi connectivity index (χ1) is 14.4. The van der Waals surface area contributed by atoms with Gasteiger partial charge in [-0.15, -0.1) is 0 Å². The molecule has 30 heavy (non-hydrogen) atoms. The van der Waals surface area contributed by atoms with Gasteiger partial charge in [0.05, 0.1) is 19.9 Å². The van der Waals surface area contributed by atoms with Crippen molar-refractivity contribution < 1.29 is 28.7 Å². The lowest BCUT2D eigenvalue weighted by Gasteiger charge is -2.16. The number of methoxy groups -OCH3 is 1. The fourth-order valence-corrected chi connectivity index (χ4v) is 2.04. The van der Waals surface area contributed by atoms with E-state index >= 15 is 0 Å². The Labute approximate surface area is 174 Å². The minimum Gasteiger partial charge on any atom is -0.467 e. The number of unbranched alkanes of at least 4 members (excludes halogenated alkanes) is 1. The van der Waals surface area contributed by atoms with E-state index < -0.39 is 30.6 Å². The Morgan fingerprint density at radius 2 is 1.97 bits per heavy atom. The first kappa shape index (κ1) is 24.4. The van der Waals surface area contributed by atoms with Crippen molar-refractivity contribution >= 4 is 30.0 Å². The predicted octanol–water partition coefficient (Wildman–Crippen LogP) is 0.505. The SMILES string of the molecule is CCCCOC(=O)N[C@@H](CNC(=O)CON=Cc1ccc(C(=N)N)cc1)C(=O)OC. The number of carbonyl (C=O) groups excluding carboxylic acids is 3. The van der Waals surface area contributed by atoms with Gasteiger partial charge in [-0.25, -0.2) is 9.59 Å². The van der Waals surface area contributed by atoms with E-state index in [1.54, 1.807) is 24.3 Å². The summed E-state index contributed by atoms with van der Waals surface area (Å²) >= 11 is 0. The van der Waals surface area contributed by atoms with Crippen molar-refractivity contribution in [1.82, 2.24) is 10.6 Å². The molecule has 0 spiro atoms. The van der Waals surface area contributed by atoms with Crippen molar-refractivity contribution in [2.24, 2.45) is 10.9 Å². The molecule has 0 saturated carbocycles. The average Bonchev–Trinajstić information content (AvgIpc) is 2.74. The summed E-state index contributed by atoms with van der Waals surface area (Å²) in [6.07, 6.45) is 2.18. The summed E-state index contributed by atoms with van der Waals surface area (Å²) < 4.78 is 9.53. The molecule has 0 aliphatic carbocycles. The van der Waals surface area contributed by atoms with Crippen LogP contribution in [0.4, 0.5) is 4.79 Å². The minimum absolute atomic E-state index is 0.0413. The van der Waals surface area contributed by atoms with E-state index in [4.69, 9.17) is 20.7 Å². The maximum atomic E-state index is 11.8. The van der Waals surface area contributed by atoms with Gasteiger partial charge in [-0.05, 0) is 12.0 Å². The van der Waals surface area contributed by atoms with Gasteiger partial charge >= 0.3 is 12.1 Å². The zero-order valence-corrected chi connectivity index (χ0v) is 17.0. The predicted molar refractivity (Wildman–Crippen MR) is 109 cm³/mol. The molecule has 1 atom stereocenters. The van der Waals surface area contributed by atoms with Gasteiger partial charge in [0.2, 0.25) is 0 Å². The molecule has 11 heteroatoms. The molecule has 1 aromatic carbocycles. The number of hydrogen-bond acceptors (Lipinski definition) is 8. The minimum atomic E-state index is -1.10. The lowest BCUT2D eigenvalue weighted by atomic mass is 10.1. The third kappa shape index (κ3) is 9.53. The fraction of sp³-hybridized carbons (Fsp3) is 0.421. The Balaban J connectivity index is 2.41. The fourth-order valence-electron chi connectivity index (χ4n) is 2.04. The number of nitrogens with zero attached hydrogens (tertiary/aromatic N) is 1. The lowest BCUT2D eigenvalue weighted by molar-refractivity contribution is -0.143. The van der Waals surface area contributed by atoms with E-state index in [1.807, 2.05) is 6.92 Å². The molecule has 0 aromatic heterocycles. The van der Waals surface area contributed by atoms with E-state index in [0.717, 1.165) is 6.42 Å². The number of nitrogens with one attached hydrogen (secondary N) is 3. The van der Waals surface area contributed by atoms with Gasteiger partial charge in [0.25, 0.3) is 5.91 Å². The summed E-state index contributed by atoms with van der Waals surface area (Å²) in [4.78, 5) is 40.2. The van der Waals surface area contributed by atoms with Crippen LogP contribution in [-0.2, 0) is 23.9 Å². The van der Waals surface area contributed by atoms with Crippen molar-refractivity contribution in [2.45, 2.75) is 25.8 Å². The molecule has 0 fully saturated rings. The largest absolute Gasteiger partial charge is 0.467 e. The smallest absolute Gasteiger partial charge is 0.407 e. The van der Waals surface area contributed by atoms with Crippen LogP contribution in [0.15, 0.2) is 29.4 Å². The van der Waals surface area contributed by atoms with Crippen LogP contribution in [0.25, 0.3) is 0 Å². The molecule has 5 N–H and O–H groups in total. The highest BCUT2D eigenvalue weighted by Crippen LogP contribution is 2.01. The van der Waals surface area contributed by atoms with Gasteiger partial charge in [-0.3, -0.25) is 10.2 Å². The Hall–Kier alpha value is -3.63. The standard InChI is InChI=1S/C19H27N5O6/c1-3-4-9-29-19(27)24-15(18(26)28-2)11-22-16(25)12-30-23-10-13-5-7-14(8-6-13)17(20)21/h5-8,10,15H,3-4,9,11-12H2,1-2H3,(H3,20,21)(H,22,25)(H,24,27)/t15-/m0/s1. The Morgan fingerprint density at radius 1 is 1.27 bits per heavy atom. The summed E-state index contributed by atoms with van der Waals surface area (Å²) in [7, 11) is 1.17. The normalized spacial score (nSPS) is 11.4. The second-order valence-electron chi connectivity index (χ2n) is 6.06. The summed E-state index contributed by atoms with van der Waals surface area (Å²) in [6.45, 7) is 1.58. The van der Waals surface area contributed by atoms with E-state index in [1.165, 1.54) is 13.3 Å². The number of esters is 1. The van der Waals surface area contributed by atoms with Crippen LogP contribution in [0.1, 0.15) is 30.9 Å². The second kappa shape index (κ2) is 13.5. The van der Waals surface area contributed by atoms with Crippen LogP contribution >= 0.6 is 0 Å². The quantitative estimate of drug-likeness (QED) is 0.125. The first-order valence-corrected chi connectivity index (χ1v) is 9.25. The third-order valence-corrected chi connectivity index (χ3v) is 3.71. The zero-order valence-electron chi connectivity index (χ0n) is 17.0. The number of oxime groups is 1. The molecule has 1 rings (SSSR count). The number of alkyl carbamates (subject to hydrolysis) is 1. The monoisotopic (exact) mass is 421 g/mol. The van der Waals surface area contributed by atoms with Crippen molar-refractivity contribution in [1.29, 1.82) is 5.41 Å². The summed E-state index contributed by atoms with van der Waals surface area (Å²) in [5, 5.41) is 15.8. The van der Waals surface area contributed by atoms with Crippen molar-refractivity contribution in [3.63, 3.8) is 0 Å². The van der Waals surface area contributed by atoms with Gasteiger partial charge in [0.15, 0.2) is 6.61 Å². The molecule has 0 saturated heterocycles. The number of rotatable bonds is 12. The van der Waals surface area contributed by atoms with Crippen LogP contribution < -0.4 is 16.4 Å². The van der Waals surface area contributed by atoms with E-state index in [0.29, 0.717) is 17.5 Å². The Morgan fingerprint density at radius 3 is 2.57 bits per heavy atom. The van der Waals surface area contributed by atoms with Gasteiger partial charge in [0, 0.05) is 12.1 Å². The van der Waals surface area contributed by atoms with Crippen molar-refractivity contribution in [3.05, 3.63) is 35.4 Å². The van der Waals surface area contributed by atoms with Crippen LogP contribution in [-0.4, -0.2) is 62.9 Å². The molecule has 0 aliphatic heterocycles. The van der Waals surface area contributed by atoms with Crippen LogP contribution in [0, 0.1) is 5.41 Å². The van der Waals surface area contributed by atoms with Gasteiger partial charge in [0.1, 0.15) is 11.9 Å². The van der Waals surface area contributed by atoms with E-state index in [9.17, 15) is 14.4 Å².